The van der Waals surface area contributed by atoms with Crippen LogP contribution in [0, 0.1) is 10.1 Å². The number of hydrogen-bond donors (Lipinski definition) is 2. The van der Waals surface area contributed by atoms with E-state index in [0.717, 1.165) is 11.3 Å². The third kappa shape index (κ3) is 5.97. The number of aromatic nitrogens is 1. The number of nitro groups is 1. The summed E-state index contributed by atoms with van der Waals surface area (Å²) in [6, 6.07) is 15.2. The van der Waals surface area contributed by atoms with E-state index in [1.807, 2.05) is 31.2 Å². The zero-order chi connectivity index (χ0) is 23.8. The van der Waals surface area contributed by atoms with E-state index in [0.29, 0.717) is 30.2 Å². The molecule has 9 heteroatoms. The number of pyridine rings is 1. The van der Waals surface area contributed by atoms with Gasteiger partial charge in [-0.3, -0.25) is 19.9 Å². The summed E-state index contributed by atoms with van der Waals surface area (Å²) >= 11 is 0. The number of methoxy groups -OCH3 is 2. The minimum atomic E-state index is -0.506. The van der Waals surface area contributed by atoms with Crippen LogP contribution in [0.1, 0.15) is 34.6 Å². The van der Waals surface area contributed by atoms with Gasteiger partial charge in [-0.15, -0.1) is 0 Å². The van der Waals surface area contributed by atoms with Gasteiger partial charge in [-0.1, -0.05) is 12.1 Å². The Hall–Kier alpha value is -4.14. The van der Waals surface area contributed by atoms with Gasteiger partial charge in [0.2, 0.25) is 0 Å². The van der Waals surface area contributed by atoms with E-state index in [-0.39, 0.29) is 23.2 Å². The molecule has 1 unspecified atom stereocenters. The molecule has 0 saturated heterocycles. The molecule has 0 fully saturated rings. The molecule has 0 aliphatic heterocycles. The van der Waals surface area contributed by atoms with Gasteiger partial charge < -0.3 is 20.1 Å². The lowest BCUT2D eigenvalue weighted by Crippen LogP contribution is -2.25. The van der Waals surface area contributed by atoms with Crippen molar-refractivity contribution in [2.24, 2.45) is 0 Å². The Morgan fingerprint density at radius 1 is 1.09 bits per heavy atom. The molecule has 1 atom stereocenters. The van der Waals surface area contributed by atoms with Crippen LogP contribution in [-0.4, -0.2) is 36.6 Å². The van der Waals surface area contributed by atoms with Crippen molar-refractivity contribution in [2.75, 3.05) is 26.1 Å². The highest BCUT2D eigenvalue weighted by atomic mass is 16.6. The molecule has 0 saturated carbocycles. The molecule has 0 aliphatic rings. The Morgan fingerprint density at radius 2 is 1.88 bits per heavy atom. The minimum Gasteiger partial charge on any atom is -0.493 e. The topological polar surface area (TPSA) is 116 Å². The Labute approximate surface area is 191 Å². The molecule has 3 aromatic rings. The Balaban J connectivity index is 1.66. The first-order valence-corrected chi connectivity index (χ1v) is 10.4. The molecular formula is C24H26N4O5. The smallest absolute Gasteiger partial charge is 0.293 e. The molecule has 1 aromatic heterocycles. The fourth-order valence-electron chi connectivity index (χ4n) is 3.34. The van der Waals surface area contributed by atoms with Gasteiger partial charge in [0.25, 0.3) is 11.6 Å². The van der Waals surface area contributed by atoms with Crippen LogP contribution in [0.2, 0.25) is 0 Å². The van der Waals surface area contributed by atoms with E-state index >= 15 is 0 Å². The van der Waals surface area contributed by atoms with Gasteiger partial charge >= 0.3 is 0 Å². The molecule has 1 amide bonds. The van der Waals surface area contributed by atoms with Gasteiger partial charge in [0, 0.05) is 24.4 Å². The number of ether oxygens (including phenoxy) is 2. The summed E-state index contributed by atoms with van der Waals surface area (Å²) in [6.07, 6.45) is 2.23. The second-order valence-electron chi connectivity index (χ2n) is 7.30. The normalized spacial score (nSPS) is 11.4. The van der Waals surface area contributed by atoms with E-state index in [4.69, 9.17) is 9.47 Å². The number of nitro benzene ring substituents is 1. The third-order valence-corrected chi connectivity index (χ3v) is 5.11. The van der Waals surface area contributed by atoms with Gasteiger partial charge in [-0.2, -0.15) is 0 Å². The van der Waals surface area contributed by atoms with Crippen LogP contribution >= 0.6 is 0 Å². The number of nitrogens with one attached hydrogen (secondary N) is 2. The fraction of sp³-hybridized carbons (Fsp3) is 0.250. The summed E-state index contributed by atoms with van der Waals surface area (Å²) in [5.74, 6) is 0.853. The van der Waals surface area contributed by atoms with Gasteiger partial charge in [0.1, 0.15) is 5.69 Å². The van der Waals surface area contributed by atoms with Gasteiger partial charge in [0.05, 0.1) is 30.9 Å². The molecule has 0 bridgehead atoms. The van der Waals surface area contributed by atoms with Crippen molar-refractivity contribution >= 4 is 17.3 Å². The largest absolute Gasteiger partial charge is 0.493 e. The molecule has 0 aliphatic carbocycles. The minimum absolute atomic E-state index is 0.176. The average molecular weight is 450 g/mol. The molecule has 2 N–H and O–H groups in total. The lowest BCUT2D eigenvalue weighted by molar-refractivity contribution is -0.384. The third-order valence-electron chi connectivity index (χ3n) is 5.11. The molecule has 0 spiro atoms. The van der Waals surface area contributed by atoms with Crippen molar-refractivity contribution in [3.8, 4) is 11.5 Å². The lowest BCUT2D eigenvalue weighted by Gasteiger charge is -2.15. The maximum atomic E-state index is 12.6. The summed E-state index contributed by atoms with van der Waals surface area (Å²) < 4.78 is 10.5. The maximum absolute atomic E-state index is 12.6. The number of carbonyl (C=O) groups excluding carboxylic acids is 1. The van der Waals surface area contributed by atoms with E-state index in [2.05, 4.69) is 15.6 Å². The van der Waals surface area contributed by atoms with Gasteiger partial charge in [0.15, 0.2) is 11.5 Å². The molecule has 1 heterocycles. The van der Waals surface area contributed by atoms with Crippen molar-refractivity contribution in [3.05, 3.63) is 87.7 Å². The zero-order valence-electron chi connectivity index (χ0n) is 18.7. The van der Waals surface area contributed by atoms with Crippen molar-refractivity contribution in [2.45, 2.75) is 19.4 Å². The van der Waals surface area contributed by atoms with Crippen molar-refractivity contribution in [1.82, 2.24) is 10.3 Å². The van der Waals surface area contributed by atoms with Crippen LogP contribution in [0.25, 0.3) is 0 Å². The maximum Gasteiger partial charge on any atom is 0.293 e. The Kier molecular flexibility index (Phi) is 7.80. The highest BCUT2D eigenvalue weighted by molar-refractivity contribution is 5.95. The number of carbonyl (C=O) groups is 1. The van der Waals surface area contributed by atoms with Crippen LogP contribution in [-0.2, 0) is 6.42 Å². The number of anilines is 1. The monoisotopic (exact) mass is 450 g/mol. The first kappa shape index (κ1) is 23.5. The highest BCUT2D eigenvalue weighted by Gasteiger charge is 2.19. The lowest BCUT2D eigenvalue weighted by atomic mass is 10.1. The molecular weight excluding hydrogens is 424 g/mol. The van der Waals surface area contributed by atoms with Crippen molar-refractivity contribution < 1.29 is 19.2 Å². The van der Waals surface area contributed by atoms with Crippen molar-refractivity contribution in [3.63, 3.8) is 0 Å². The van der Waals surface area contributed by atoms with E-state index < -0.39 is 4.92 Å². The summed E-state index contributed by atoms with van der Waals surface area (Å²) in [5, 5.41) is 17.5. The molecule has 172 valence electrons. The van der Waals surface area contributed by atoms with Crippen LogP contribution in [0.4, 0.5) is 11.4 Å². The number of benzene rings is 2. The predicted octanol–water partition coefficient (Wildman–Crippen LogP) is 4.15. The fourth-order valence-corrected chi connectivity index (χ4v) is 3.34. The van der Waals surface area contributed by atoms with Crippen LogP contribution in [0.5, 0.6) is 11.5 Å². The zero-order valence-corrected chi connectivity index (χ0v) is 18.7. The molecule has 33 heavy (non-hydrogen) atoms. The first-order chi connectivity index (χ1) is 15.9. The van der Waals surface area contributed by atoms with Crippen LogP contribution < -0.4 is 20.1 Å². The summed E-state index contributed by atoms with van der Waals surface area (Å²) in [5.41, 5.74) is 2.07. The molecule has 9 nitrogen and oxygen atoms in total. The summed E-state index contributed by atoms with van der Waals surface area (Å²) in [4.78, 5) is 28.0. The van der Waals surface area contributed by atoms with E-state index in [1.54, 1.807) is 44.7 Å². The predicted molar refractivity (Wildman–Crippen MR) is 125 cm³/mol. The van der Waals surface area contributed by atoms with Crippen molar-refractivity contribution in [1.29, 1.82) is 0 Å². The molecule has 0 radical (unpaired) electrons. The van der Waals surface area contributed by atoms with Gasteiger partial charge in [-0.25, -0.2) is 0 Å². The SMILES string of the molecule is COc1ccc(CCNC(=O)c2ccc(NC(C)c3ccccn3)c([N+](=O)[O-])c2)cc1OC. The highest BCUT2D eigenvalue weighted by Crippen LogP contribution is 2.29. The summed E-state index contributed by atoms with van der Waals surface area (Å²) in [7, 11) is 3.13. The Morgan fingerprint density at radius 3 is 2.55 bits per heavy atom. The standard InChI is InChI=1S/C24H26N4O5/c1-16(19-6-4-5-12-25-19)27-20-9-8-18(15-21(20)28(30)31)24(29)26-13-11-17-7-10-22(32-2)23(14-17)33-3/h4-10,12,14-16,27H,11,13H2,1-3H3,(H,26,29). The average Bonchev–Trinajstić information content (AvgIpc) is 2.84. The second-order valence-corrected chi connectivity index (χ2v) is 7.30. The Bertz CT molecular complexity index is 1120. The van der Waals surface area contributed by atoms with Gasteiger partial charge in [-0.05, 0) is 55.3 Å². The summed E-state index contributed by atoms with van der Waals surface area (Å²) in [6.45, 7) is 2.22. The van der Waals surface area contributed by atoms with Crippen LogP contribution in [0.3, 0.4) is 0 Å². The van der Waals surface area contributed by atoms with E-state index in [9.17, 15) is 14.9 Å². The number of amides is 1. The van der Waals surface area contributed by atoms with Crippen LogP contribution in [0.15, 0.2) is 60.8 Å². The molecule has 2 aromatic carbocycles. The molecule has 3 rings (SSSR count). The number of nitrogens with zero attached hydrogens (tertiary/aromatic N) is 2. The number of rotatable bonds is 10. The number of hydrogen-bond acceptors (Lipinski definition) is 7. The van der Waals surface area contributed by atoms with E-state index in [1.165, 1.54) is 6.07 Å². The quantitative estimate of drug-likeness (QED) is 0.352. The first-order valence-electron chi connectivity index (χ1n) is 10.4. The second kappa shape index (κ2) is 10.9.